The lowest BCUT2D eigenvalue weighted by Crippen LogP contribution is -2.31. The van der Waals surface area contributed by atoms with E-state index in [2.05, 4.69) is 15.5 Å². The molecule has 1 aromatic heterocycles. The van der Waals surface area contributed by atoms with Gasteiger partial charge < -0.3 is 9.88 Å². The fraction of sp³-hybridized carbons (Fsp3) is 0.500. The minimum absolute atomic E-state index is 0.150. The van der Waals surface area contributed by atoms with Gasteiger partial charge in [-0.15, -0.1) is 10.2 Å². The number of aromatic nitrogens is 3. The van der Waals surface area contributed by atoms with Crippen LogP contribution in [0.1, 0.15) is 39.3 Å². The van der Waals surface area contributed by atoms with E-state index in [4.69, 9.17) is 0 Å². The van der Waals surface area contributed by atoms with Crippen molar-refractivity contribution in [3.8, 4) is 0 Å². The molecule has 0 aliphatic rings. The molecule has 0 saturated carbocycles. The minimum atomic E-state index is -3.60. The molecule has 0 aliphatic heterocycles. The lowest BCUT2D eigenvalue weighted by Gasteiger charge is -2.20. The number of sulfonamides is 1. The first-order chi connectivity index (χ1) is 13.2. The largest absolute Gasteiger partial charge is 0.325 e. The van der Waals surface area contributed by atoms with E-state index in [0.717, 1.165) is 0 Å². The third-order valence-electron chi connectivity index (χ3n) is 4.22. The number of aryl methyl sites for hydroxylation is 1. The van der Waals surface area contributed by atoms with Crippen LogP contribution in [-0.2, 0) is 14.8 Å². The van der Waals surface area contributed by atoms with Crippen molar-refractivity contribution >= 4 is 33.4 Å². The number of hydrogen-bond donors (Lipinski definition) is 1. The number of thioether (sulfide) groups is 1. The Kier molecular flexibility index (Phi) is 7.62. The van der Waals surface area contributed by atoms with Gasteiger partial charge in [-0.05, 0) is 38.5 Å². The van der Waals surface area contributed by atoms with E-state index in [-0.39, 0.29) is 22.6 Å². The Bertz CT molecular complexity index is 921. The molecule has 0 atom stereocenters. The molecule has 28 heavy (non-hydrogen) atoms. The van der Waals surface area contributed by atoms with E-state index in [1.807, 2.05) is 18.4 Å². The van der Waals surface area contributed by atoms with Crippen LogP contribution in [0.25, 0.3) is 0 Å². The van der Waals surface area contributed by atoms with E-state index in [1.54, 1.807) is 39.2 Å². The van der Waals surface area contributed by atoms with Crippen LogP contribution in [0.15, 0.2) is 34.6 Å². The predicted octanol–water partition coefficient (Wildman–Crippen LogP) is 2.93. The maximum absolute atomic E-state index is 12.8. The molecule has 1 heterocycles. The Labute approximate surface area is 170 Å². The Morgan fingerprint density at radius 1 is 1.29 bits per heavy atom. The van der Waals surface area contributed by atoms with Crippen molar-refractivity contribution in [3.63, 3.8) is 0 Å². The summed E-state index contributed by atoms with van der Waals surface area (Å²) in [7, 11) is -3.60. The van der Waals surface area contributed by atoms with Gasteiger partial charge in [0.05, 0.1) is 10.6 Å². The van der Waals surface area contributed by atoms with Gasteiger partial charge in [0, 0.05) is 24.8 Å². The molecule has 1 N–H and O–H groups in total. The van der Waals surface area contributed by atoms with Crippen molar-refractivity contribution in [1.29, 1.82) is 0 Å². The second kappa shape index (κ2) is 9.53. The fourth-order valence-corrected chi connectivity index (χ4v) is 5.23. The highest BCUT2D eigenvalue weighted by Crippen LogP contribution is 2.24. The van der Waals surface area contributed by atoms with Gasteiger partial charge in [0.25, 0.3) is 0 Å². The molecule has 1 aromatic carbocycles. The minimum Gasteiger partial charge on any atom is -0.325 e. The average Bonchev–Trinajstić information content (AvgIpc) is 3.11. The highest BCUT2D eigenvalue weighted by Gasteiger charge is 2.24. The molecule has 1 amide bonds. The van der Waals surface area contributed by atoms with Gasteiger partial charge >= 0.3 is 0 Å². The standard InChI is InChI=1S/C18H27N5O3S2/c1-6-22(7-2)28(25,26)16-10-15(9-8-14(16)5)20-17(24)11-27-18-21-19-12-23(18)13(3)4/h8-10,12-13H,6-7,11H2,1-5H3,(H,20,24). The molecule has 8 nitrogen and oxygen atoms in total. The Morgan fingerprint density at radius 3 is 2.57 bits per heavy atom. The normalized spacial score (nSPS) is 12.0. The van der Waals surface area contributed by atoms with Crippen LogP contribution in [0, 0.1) is 6.92 Å². The molecule has 2 rings (SSSR count). The number of nitrogens with one attached hydrogen (secondary N) is 1. The lowest BCUT2D eigenvalue weighted by atomic mass is 10.2. The lowest BCUT2D eigenvalue weighted by molar-refractivity contribution is -0.113. The van der Waals surface area contributed by atoms with Gasteiger partial charge in [-0.3, -0.25) is 4.79 Å². The molecule has 10 heteroatoms. The van der Waals surface area contributed by atoms with Crippen molar-refractivity contribution in [2.75, 3.05) is 24.2 Å². The van der Waals surface area contributed by atoms with Crippen molar-refractivity contribution < 1.29 is 13.2 Å². The summed E-state index contributed by atoms with van der Waals surface area (Å²) in [5, 5.41) is 11.3. The second-order valence-electron chi connectivity index (χ2n) is 6.52. The monoisotopic (exact) mass is 425 g/mol. The molecule has 0 radical (unpaired) electrons. The first-order valence-corrected chi connectivity index (χ1v) is 11.6. The van der Waals surface area contributed by atoms with Crippen molar-refractivity contribution in [2.24, 2.45) is 0 Å². The first-order valence-electron chi connectivity index (χ1n) is 9.13. The van der Waals surface area contributed by atoms with Crippen LogP contribution in [0.4, 0.5) is 5.69 Å². The molecule has 0 bridgehead atoms. The van der Waals surface area contributed by atoms with Gasteiger partial charge in [-0.1, -0.05) is 31.7 Å². The van der Waals surface area contributed by atoms with E-state index < -0.39 is 10.0 Å². The number of hydrogen-bond acceptors (Lipinski definition) is 6. The smallest absolute Gasteiger partial charge is 0.243 e. The van der Waals surface area contributed by atoms with Gasteiger partial charge in [0.2, 0.25) is 15.9 Å². The maximum atomic E-state index is 12.8. The number of nitrogens with zero attached hydrogens (tertiary/aromatic N) is 4. The SMILES string of the molecule is CCN(CC)S(=O)(=O)c1cc(NC(=O)CSc2nncn2C(C)C)ccc1C. The molecule has 0 aliphatic carbocycles. The first kappa shape index (κ1) is 22.4. The number of benzene rings is 1. The van der Waals surface area contributed by atoms with Crippen LogP contribution in [-0.4, -0.2) is 52.2 Å². The quantitative estimate of drug-likeness (QED) is 0.621. The van der Waals surface area contributed by atoms with Gasteiger partial charge in [-0.25, -0.2) is 8.42 Å². The zero-order chi connectivity index (χ0) is 20.9. The fourth-order valence-electron chi connectivity index (χ4n) is 2.68. The highest BCUT2D eigenvalue weighted by molar-refractivity contribution is 7.99. The molecule has 0 fully saturated rings. The number of carbonyl (C=O) groups is 1. The number of anilines is 1. The van der Waals surface area contributed by atoms with Crippen LogP contribution in [0.5, 0.6) is 0 Å². The van der Waals surface area contributed by atoms with Gasteiger partial charge in [0.15, 0.2) is 5.16 Å². The number of amides is 1. The molecule has 2 aromatic rings. The summed E-state index contributed by atoms with van der Waals surface area (Å²) in [5.41, 5.74) is 1.09. The number of carbonyl (C=O) groups excluding carboxylic acids is 1. The average molecular weight is 426 g/mol. The molecule has 0 saturated heterocycles. The van der Waals surface area contributed by atoms with Gasteiger partial charge in [-0.2, -0.15) is 4.31 Å². The molecular formula is C18H27N5O3S2. The maximum Gasteiger partial charge on any atom is 0.243 e. The summed E-state index contributed by atoms with van der Waals surface area (Å²) < 4.78 is 28.9. The van der Waals surface area contributed by atoms with Crippen LogP contribution in [0.2, 0.25) is 0 Å². The number of rotatable bonds is 9. The van der Waals surface area contributed by atoms with E-state index in [1.165, 1.54) is 22.1 Å². The van der Waals surface area contributed by atoms with Crippen LogP contribution in [0.3, 0.4) is 0 Å². The zero-order valence-corrected chi connectivity index (χ0v) is 18.5. The van der Waals surface area contributed by atoms with Crippen molar-refractivity contribution in [3.05, 3.63) is 30.1 Å². The molecular weight excluding hydrogens is 398 g/mol. The topological polar surface area (TPSA) is 97.2 Å². The van der Waals surface area contributed by atoms with Crippen LogP contribution < -0.4 is 5.32 Å². The summed E-state index contributed by atoms with van der Waals surface area (Å²) in [4.78, 5) is 12.5. The Morgan fingerprint density at radius 2 is 1.96 bits per heavy atom. The summed E-state index contributed by atoms with van der Waals surface area (Å²) >= 11 is 1.29. The van der Waals surface area contributed by atoms with Crippen molar-refractivity contribution in [2.45, 2.75) is 50.7 Å². The molecule has 0 spiro atoms. The second-order valence-corrected chi connectivity index (χ2v) is 9.37. The van der Waals surface area contributed by atoms with Crippen LogP contribution >= 0.6 is 11.8 Å². The predicted molar refractivity (Wildman–Crippen MR) is 111 cm³/mol. The van der Waals surface area contributed by atoms with E-state index in [9.17, 15) is 13.2 Å². The summed E-state index contributed by atoms with van der Waals surface area (Å²) in [6.07, 6.45) is 1.63. The highest BCUT2D eigenvalue weighted by atomic mass is 32.2. The Hall–Kier alpha value is -1.91. The summed E-state index contributed by atoms with van der Waals surface area (Å²) in [5.74, 6) is -0.0874. The third kappa shape index (κ3) is 5.12. The van der Waals surface area contributed by atoms with E-state index >= 15 is 0 Å². The summed E-state index contributed by atoms with van der Waals surface area (Å²) in [6.45, 7) is 10.2. The van der Waals surface area contributed by atoms with Gasteiger partial charge in [0.1, 0.15) is 6.33 Å². The van der Waals surface area contributed by atoms with Crippen molar-refractivity contribution in [1.82, 2.24) is 19.1 Å². The van der Waals surface area contributed by atoms with E-state index in [0.29, 0.717) is 29.5 Å². The molecule has 0 unspecified atom stereocenters. The Balaban J connectivity index is 2.12. The summed E-state index contributed by atoms with van der Waals surface area (Å²) in [6, 6.07) is 5.12. The third-order valence-corrected chi connectivity index (χ3v) is 7.37. The molecule has 154 valence electrons. The zero-order valence-electron chi connectivity index (χ0n) is 16.8.